The normalized spacial score (nSPS) is 13.5. The number of halogens is 1. The van der Waals surface area contributed by atoms with Crippen LogP contribution in [0.2, 0.25) is 0 Å². The minimum Gasteiger partial charge on any atom is -0.503 e. The van der Waals surface area contributed by atoms with Gasteiger partial charge in [0.05, 0.1) is 57.1 Å². The van der Waals surface area contributed by atoms with Crippen molar-refractivity contribution in [3.05, 3.63) is 69.5 Å². The summed E-state index contributed by atoms with van der Waals surface area (Å²) in [5.74, 6) is -0.865. The van der Waals surface area contributed by atoms with E-state index >= 15 is 0 Å². The van der Waals surface area contributed by atoms with Crippen molar-refractivity contribution in [1.29, 1.82) is 0 Å². The molecule has 0 spiro atoms. The molecule has 1 aliphatic rings. The molecule has 0 amide bonds. The molecular formula is C25H26BrNO8. The molecule has 0 aromatic heterocycles. The van der Waals surface area contributed by atoms with Crippen molar-refractivity contribution in [3.8, 4) is 23.0 Å². The quantitative estimate of drug-likeness (QED) is 0.492. The summed E-state index contributed by atoms with van der Waals surface area (Å²) in [7, 11) is 7.04. The number of rotatable bonds is 8. The number of aromatic hydroxyl groups is 1. The van der Waals surface area contributed by atoms with E-state index in [2.05, 4.69) is 15.9 Å². The smallest absolute Gasteiger partial charge is 0.336 e. The van der Waals surface area contributed by atoms with Crippen LogP contribution in [0.4, 0.5) is 0 Å². The first kappa shape index (κ1) is 26.0. The molecular weight excluding hydrogens is 522 g/mol. The molecule has 186 valence electrons. The number of nitrogens with zero attached hydrogens (tertiary/aromatic N) is 1. The summed E-state index contributed by atoms with van der Waals surface area (Å²) in [5, 5.41) is 10.2. The molecule has 0 fully saturated rings. The van der Waals surface area contributed by atoms with E-state index in [1.165, 1.54) is 21.3 Å². The van der Waals surface area contributed by atoms with Gasteiger partial charge in [-0.3, -0.25) is 0 Å². The Kier molecular flexibility index (Phi) is 8.29. The van der Waals surface area contributed by atoms with Crippen LogP contribution in [0.25, 0.3) is 0 Å². The number of ether oxygens (including phenoxy) is 5. The molecule has 1 aliphatic heterocycles. The number of benzene rings is 2. The lowest BCUT2D eigenvalue weighted by molar-refractivity contribution is -0.137. The molecule has 0 aliphatic carbocycles. The van der Waals surface area contributed by atoms with Gasteiger partial charge < -0.3 is 33.7 Å². The van der Waals surface area contributed by atoms with E-state index in [1.54, 1.807) is 49.7 Å². The van der Waals surface area contributed by atoms with Gasteiger partial charge in [0.25, 0.3) is 0 Å². The van der Waals surface area contributed by atoms with Crippen LogP contribution in [0.1, 0.15) is 17.0 Å². The van der Waals surface area contributed by atoms with Gasteiger partial charge in [-0.15, -0.1) is 0 Å². The molecule has 2 aromatic carbocycles. The molecule has 2 aromatic rings. The fourth-order valence-corrected chi connectivity index (χ4v) is 4.30. The van der Waals surface area contributed by atoms with E-state index < -0.39 is 17.9 Å². The number of hydrogen-bond acceptors (Lipinski definition) is 9. The maximum atomic E-state index is 12.9. The van der Waals surface area contributed by atoms with Crippen molar-refractivity contribution in [2.24, 2.45) is 0 Å². The zero-order chi connectivity index (χ0) is 25.7. The van der Waals surface area contributed by atoms with Gasteiger partial charge in [-0.2, -0.15) is 0 Å². The summed E-state index contributed by atoms with van der Waals surface area (Å²) in [4.78, 5) is 27.4. The number of methoxy groups -OCH3 is 5. The lowest BCUT2D eigenvalue weighted by atomic mass is 9.83. The Morgan fingerprint density at radius 1 is 0.857 bits per heavy atom. The molecule has 35 heavy (non-hydrogen) atoms. The van der Waals surface area contributed by atoms with Crippen LogP contribution in [-0.4, -0.2) is 57.5 Å². The largest absolute Gasteiger partial charge is 0.503 e. The third kappa shape index (κ3) is 5.37. The van der Waals surface area contributed by atoms with Crippen LogP contribution in [0.15, 0.2) is 58.4 Å². The Bertz CT molecular complexity index is 1160. The van der Waals surface area contributed by atoms with Crippen molar-refractivity contribution in [1.82, 2.24) is 4.90 Å². The summed E-state index contributed by atoms with van der Waals surface area (Å²) in [6, 6.07) is 8.61. The van der Waals surface area contributed by atoms with Crippen LogP contribution in [0, 0.1) is 0 Å². The predicted molar refractivity (Wildman–Crippen MR) is 130 cm³/mol. The molecule has 0 unspecified atom stereocenters. The Hall–Kier alpha value is -3.66. The molecule has 0 atom stereocenters. The zero-order valence-electron chi connectivity index (χ0n) is 20.0. The van der Waals surface area contributed by atoms with Crippen molar-refractivity contribution in [2.75, 3.05) is 35.5 Å². The molecule has 0 saturated carbocycles. The van der Waals surface area contributed by atoms with Gasteiger partial charge in [-0.1, -0.05) is 6.07 Å². The van der Waals surface area contributed by atoms with Crippen molar-refractivity contribution in [3.63, 3.8) is 0 Å². The highest BCUT2D eigenvalue weighted by Crippen LogP contribution is 2.43. The summed E-state index contributed by atoms with van der Waals surface area (Å²) in [6.45, 7) is 0.316. The van der Waals surface area contributed by atoms with E-state index in [0.29, 0.717) is 28.1 Å². The standard InChI is InChI=1S/C25H26BrNO8/c1-31-19-7-6-14(8-20(19)32-2)11-27-12-16(24(29)34-4)22(17(13-27)25(30)35-5)15-9-18(26)23(28)21(10-15)33-3/h6-10,12-13,22,28H,11H2,1-5H3. The van der Waals surface area contributed by atoms with Crippen molar-refractivity contribution < 1.29 is 38.4 Å². The van der Waals surface area contributed by atoms with E-state index in [1.807, 2.05) is 12.1 Å². The van der Waals surface area contributed by atoms with Gasteiger partial charge in [0.15, 0.2) is 23.0 Å². The highest BCUT2D eigenvalue weighted by Gasteiger charge is 2.36. The molecule has 0 saturated heterocycles. The van der Waals surface area contributed by atoms with Gasteiger partial charge in [-0.05, 0) is 51.3 Å². The van der Waals surface area contributed by atoms with Crippen LogP contribution < -0.4 is 14.2 Å². The fraction of sp³-hybridized carbons (Fsp3) is 0.280. The molecule has 1 heterocycles. The number of phenols is 1. The number of carbonyl (C=O) groups is 2. The SMILES string of the molecule is COC(=O)C1=CN(Cc2ccc(OC)c(OC)c2)C=C(C(=O)OC)C1c1cc(Br)c(O)c(OC)c1. The summed E-state index contributed by atoms with van der Waals surface area (Å²) >= 11 is 3.30. The zero-order valence-corrected chi connectivity index (χ0v) is 21.5. The molecule has 10 heteroatoms. The second kappa shape index (κ2) is 11.2. The average molecular weight is 548 g/mol. The number of esters is 2. The van der Waals surface area contributed by atoms with Crippen molar-refractivity contribution in [2.45, 2.75) is 12.5 Å². The van der Waals surface area contributed by atoms with E-state index in [0.717, 1.165) is 5.56 Å². The summed E-state index contributed by atoms with van der Waals surface area (Å²) in [5.41, 5.74) is 1.77. The molecule has 3 rings (SSSR count). The summed E-state index contributed by atoms with van der Waals surface area (Å²) in [6.07, 6.45) is 3.24. The molecule has 1 N–H and O–H groups in total. The monoisotopic (exact) mass is 547 g/mol. The third-order valence-corrected chi connectivity index (χ3v) is 6.10. The lowest BCUT2D eigenvalue weighted by Gasteiger charge is -2.30. The minimum atomic E-state index is -0.831. The first-order valence-electron chi connectivity index (χ1n) is 10.4. The maximum Gasteiger partial charge on any atom is 0.336 e. The fourth-order valence-electron chi connectivity index (χ4n) is 3.84. The molecule has 0 bridgehead atoms. The van der Waals surface area contributed by atoms with Gasteiger partial charge in [-0.25, -0.2) is 9.59 Å². The van der Waals surface area contributed by atoms with Crippen LogP contribution in [-0.2, 0) is 25.6 Å². The number of phenolic OH excluding ortho intramolecular Hbond substituents is 1. The average Bonchev–Trinajstić information content (AvgIpc) is 2.88. The Balaban J connectivity index is 2.12. The Labute approximate surface area is 211 Å². The molecule has 9 nitrogen and oxygen atoms in total. The molecule has 0 radical (unpaired) electrons. The van der Waals surface area contributed by atoms with Gasteiger partial charge in [0.1, 0.15) is 0 Å². The van der Waals surface area contributed by atoms with Gasteiger partial charge in [0.2, 0.25) is 0 Å². The Morgan fingerprint density at radius 2 is 1.43 bits per heavy atom. The minimum absolute atomic E-state index is 0.102. The van der Waals surface area contributed by atoms with E-state index in [4.69, 9.17) is 23.7 Å². The van der Waals surface area contributed by atoms with Gasteiger partial charge in [0, 0.05) is 18.9 Å². The first-order valence-corrected chi connectivity index (χ1v) is 11.2. The third-order valence-electron chi connectivity index (χ3n) is 5.49. The number of hydrogen-bond donors (Lipinski definition) is 1. The second-order valence-corrected chi connectivity index (χ2v) is 8.35. The second-order valence-electron chi connectivity index (χ2n) is 7.50. The predicted octanol–water partition coefficient (Wildman–Crippen LogP) is 3.89. The Morgan fingerprint density at radius 3 is 1.94 bits per heavy atom. The first-order chi connectivity index (χ1) is 16.8. The summed E-state index contributed by atoms with van der Waals surface area (Å²) < 4.78 is 26.3. The number of carbonyl (C=O) groups excluding carboxylic acids is 2. The van der Waals surface area contributed by atoms with Crippen LogP contribution in [0.3, 0.4) is 0 Å². The lowest BCUT2D eigenvalue weighted by Crippen LogP contribution is -2.28. The van der Waals surface area contributed by atoms with E-state index in [9.17, 15) is 14.7 Å². The van der Waals surface area contributed by atoms with Crippen molar-refractivity contribution >= 4 is 27.9 Å². The highest BCUT2D eigenvalue weighted by atomic mass is 79.9. The van der Waals surface area contributed by atoms with Gasteiger partial charge >= 0.3 is 11.9 Å². The maximum absolute atomic E-state index is 12.9. The highest BCUT2D eigenvalue weighted by molar-refractivity contribution is 9.10. The van der Waals surface area contributed by atoms with Crippen LogP contribution >= 0.6 is 15.9 Å². The topological polar surface area (TPSA) is 104 Å². The van der Waals surface area contributed by atoms with E-state index in [-0.39, 0.29) is 22.6 Å². The van der Waals surface area contributed by atoms with Crippen LogP contribution in [0.5, 0.6) is 23.0 Å².